The first kappa shape index (κ1) is 20.2. The van der Waals surface area contributed by atoms with Crippen LogP contribution in [0.15, 0.2) is 29.6 Å². The van der Waals surface area contributed by atoms with E-state index in [1.807, 2.05) is 34.5 Å². The topological polar surface area (TPSA) is 86.7 Å². The van der Waals surface area contributed by atoms with E-state index < -0.39 is 10.0 Å². The van der Waals surface area contributed by atoms with Gasteiger partial charge in [0, 0.05) is 45.2 Å². The van der Waals surface area contributed by atoms with Crippen LogP contribution < -0.4 is 4.90 Å². The van der Waals surface area contributed by atoms with Crippen molar-refractivity contribution in [2.75, 3.05) is 50.4 Å². The number of aromatic nitrogens is 2. The molecule has 156 valence electrons. The van der Waals surface area contributed by atoms with E-state index in [-0.39, 0.29) is 11.8 Å². The van der Waals surface area contributed by atoms with Gasteiger partial charge in [-0.15, -0.1) is 21.5 Å². The van der Waals surface area contributed by atoms with Crippen molar-refractivity contribution in [2.45, 2.75) is 12.8 Å². The summed E-state index contributed by atoms with van der Waals surface area (Å²) in [6.07, 6.45) is 2.77. The molecule has 2 aliphatic heterocycles. The van der Waals surface area contributed by atoms with Crippen LogP contribution in [0.25, 0.3) is 10.6 Å². The number of carbonyl (C=O) groups is 1. The first-order valence-electron chi connectivity index (χ1n) is 9.78. The Hall–Kier alpha value is -2.04. The number of thiophene rings is 1. The molecule has 0 unspecified atom stereocenters. The number of sulfonamides is 1. The van der Waals surface area contributed by atoms with Gasteiger partial charge in [-0.25, -0.2) is 8.42 Å². The summed E-state index contributed by atoms with van der Waals surface area (Å²) < 4.78 is 24.7. The van der Waals surface area contributed by atoms with Gasteiger partial charge in [0.25, 0.3) is 0 Å². The minimum absolute atomic E-state index is 0.00520. The number of piperazine rings is 1. The minimum atomic E-state index is -3.18. The lowest BCUT2D eigenvalue weighted by atomic mass is 9.95. The van der Waals surface area contributed by atoms with Crippen LogP contribution in [-0.2, 0) is 14.8 Å². The molecule has 0 aromatic carbocycles. The molecule has 0 radical (unpaired) electrons. The monoisotopic (exact) mass is 435 g/mol. The molecule has 2 aromatic rings. The summed E-state index contributed by atoms with van der Waals surface area (Å²) in [6.45, 7) is 3.26. The fraction of sp³-hybridized carbons (Fsp3) is 0.526. The molecule has 2 aromatic heterocycles. The molecule has 29 heavy (non-hydrogen) atoms. The molecule has 10 heteroatoms. The number of anilines is 1. The molecular weight excluding hydrogens is 410 g/mol. The molecule has 0 saturated carbocycles. The number of rotatable bonds is 4. The van der Waals surface area contributed by atoms with Crippen LogP contribution in [-0.4, -0.2) is 79.3 Å². The van der Waals surface area contributed by atoms with Crippen molar-refractivity contribution in [3.05, 3.63) is 29.6 Å². The van der Waals surface area contributed by atoms with E-state index in [1.165, 1.54) is 10.6 Å². The fourth-order valence-electron chi connectivity index (χ4n) is 3.90. The standard InChI is InChI=1S/C19H25N5O3S2/c1-29(26,27)24-12-10-23(11-13-24)19(25)15-6-8-22(9-7-15)18-5-4-16(20-21-18)17-3-2-14-28-17/h2-5,14-15H,6-13H2,1H3. The molecular formula is C19H25N5O3S2. The summed E-state index contributed by atoms with van der Waals surface area (Å²) in [6, 6.07) is 8.01. The third-order valence-electron chi connectivity index (χ3n) is 5.61. The van der Waals surface area contributed by atoms with Gasteiger partial charge in [0.05, 0.1) is 11.1 Å². The summed E-state index contributed by atoms with van der Waals surface area (Å²) in [5, 5.41) is 10.7. The summed E-state index contributed by atoms with van der Waals surface area (Å²) in [4.78, 5) is 17.9. The quantitative estimate of drug-likeness (QED) is 0.724. The van der Waals surface area contributed by atoms with Crippen molar-refractivity contribution in [3.63, 3.8) is 0 Å². The highest BCUT2D eigenvalue weighted by atomic mass is 32.2. The van der Waals surface area contributed by atoms with Gasteiger partial charge in [-0.3, -0.25) is 4.79 Å². The Morgan fingerprint density at radius 3 is 2.31 bits per heavy atom. The number of nitrogens with zero attached hydrogens (tertiary/aromatic N) is 5. The van der Waals surface area contributed by atoms with Gasteiger partial charge in [-0.1, -0.05) is 6.07 Å². The van der Waals surface area contributed by atoms with Gasteiger partial charge in [-0.05, 0) is 36.4 Å². The van der Waals surface area contributed by atoms with Crippen molar-refractivity contribution in [1.82, 2.24) is 19.4 Å². The zero-order valence-electron chi connectivity index (χ0n) is 16.4. The Kier molecular flexibility index (Phi) is 5.84. The lowest BCUT2D eigenvalue weighted by Gasteiger charge is -2.38. The maximum absolute atomic E-state index is 12.8. The largest absolute Gasteiger partial charge is 0.355 e. The summed E-state index contributed by atoms with van der Waals surface area (Å²) >= 11 is 1.64. The van der Waals surface area contributed by atoms with Crippen molar-refractivity contribution in [2.24, 2.45) is 5.92 Å². The van der Waals surface area contributed by atoms with Crippen molar-refractivity contribution < 1.29 is 13.2 Å². The van der Waals surface area contributed by atoms with E-state index >= 15 is 0 Å². The molecule has 0 atom stereocenters. The maximum Gasteiger partial charge on any atom is 0.225 e. The van der Waals surface area contributed by atoms with Gasteiger partial charge in [0.1, 0.15) is 5.69 Å². The van der Waals surface area contributed by atoms with Gasteiger partial charge in [0.15, 0.2) is 5.82 Å². The van der Waals surface area contributed by atoms with Crippen LogP contribution in [0, 0.1) is 5.92 Å². The first-order valence-corrected chi connectivity index (χ1v) is 12.5. The molecule has 8 nitrogen and oxygen atoms in total. The third kappa shape index (κ3) is 4.59. The number of hydrogen-bond donors (Lipinski definition) is 0. The average molecular weight is 436 g/mol. The Balaban J connectivity index is 1.30. The predicted octanol–water partition coefficient (Wildman–Crippen LogP) is 1.53. The third-order valence-corrected chi connectivity index (χ3v) is 7.81. The molecule has 0 bridgehead atoms. The number of hydrogen-bond acceptors (Lipinski definition) is 7. The Bertz CT molecular complexity index is 931. The Morgan fingerprint density at radius 1 is 1.03 bits per heavy atom. The Morgan fingerprint density at radius 2 is 1.76 bits per heavy atom. The fourth-order valence-corrected chi connectivity index (χ4v) is 5.42. The smallest absolute Gasteiger partial charge is 0.225 e. The molecule has 2 aliphatic rings. The maximum atomic E-state index is 12.8. The van der Waals surface area contributed by atoms with Gasteiger partial charge >= 0.3 is 0 Å². The molecule has 4 rings (SSSR count). The summed E-state index contributed by atoms with van der Waals surface area (Å²) in [5.41, 5.74) is 0.877. The molecule has 2 saturated heterocycles. The summed E-state index contributed by atoms with van der Waals surface area (Å²) in [7, 11) is -3.18. The Labute approximate surface area is 175 Å². The van der Waals surface area contributed by atoms with E-state index in [0.717, 1.165) is 42.3 Å². The van der Waals surface area contributed by atoms with Crippen LogP contribution in [0.2, 0.25) is 0 Å². The van der Waals surface area contributed by atoms with E-state index in [0.29, 0.717) is 26.2 Å². The van der Waals surface area contributed by atoms with Gasteiger partial charge in [-0.2, -0.15) is 4.31 Å². The second-order valence-corrected chi connectivity index (χ2v) is 10.4. The molecule has 1 amide bonds. The number of amides is 1. The molecule has 4 heterocycles. The number of piperidine rings is 1. The zero-order valence-corrected chi connectivity index (χ0v) is 18.0. The van der Waals surface area contributed by atoms with Crippen molar-refractivity contribution >= 4 is 33.1 Å². The lowest BCUT2D eigenvalue weighted by molar-refractivity contribution is -0.137. The highest BCUT2D eigenvalue weighted by Gasteiger charge is 2.32. The number of carbonyl (C=O) groups excluding carboxylic acids is 1. The lowest BCUT2D eigenvalue weighted by Crippen LogP contribution is -2.52. The average Bonchev–Trinajstić information content (AvgIpc) is 3.28. The van der Waals surface area contributed by atoms with Crippen LogP contribution >= 0.6 is 11.3 Å². The summed E-state index contributed by atoms with van der Waals surface area (Å²) in [5.74, 6) is 0.990. The second kappa shape index (κ2) is 8.37. The molecule has 2 fully saturated rings. The first-order chi connectivity index (χ1) is 13.9. The molecule has 0 aliphatic carbocycles. The SMILES string of the molecule is CS(=O)(=O)N1CCN(C(=O)C2CCN(c3ccc(-c4cccs4)nn3)CC2)CC1. The van der Waals surface area contributed by atoms with Crippen LogP contribution in [0.3, 0.4) is 0 Å². The minimum Gasteiger partial charge on any atom is -0.355 e. The van der Waals surface area contributed by atoms with E-state index in [2.05, 4.69) is 15.1 Å². The van der Waals surface area contributed by atoms with E-state index in [4.69, 9.17) is 0 Å². The van der Waals surface area contributed by atoms with Gasteiger partial charge < -0.3 is 9.80 Å². The van der Waals surface area contributed by atoms with Crippen molar-refractivity contribution in [1.29, 1.82) is 0 Å². The second-order valence-electron chi connectivity index (χ2n) is 7.50. The van der Waals surface area contributed by atoms with Crippen LogP contribution in [0.4, 0.5) is 5.82 Å². The molecule has 0 N–H and O–H groups in total. The highest BCUT2D eigenvalue weighted by molar-refractivity contribution is 7.88. The van der Waals surface area contributed by atoms with Gasteiger partial charge in [0.2, 0.25) is 15.9 Å². The van der Waals surface area contributed by atoms with E-state index in [9.17, 15) is 13.2 Å². The van der Waals surface area contributed by atoms with Crippen molar-refractivity contribution in [3.8, 4) is 10.6 Å². The molecule has 0 spiro atoms. The van der Waals surface area contributed by atoms with Crippen LogP contribution in [0.1, 0.15) is 12.8 Å². The highest BCUT2D eigenvalue weighted by Crippen LogP contribution is 2.26. The van der Waals surface area contributed by atoms with Crippen LogP contribution in [0.5, 0.6) is 0 Å². The van der Waals surface area contributed by atoms with E-state index in [1.54, 1.807) is 11.3 Å². The predicted molar refractivity (Wildman–Crippen MR) is 113 cm³/mol. The normalized spacial score (nSPS) is 19.5. The zero-order chi connectivity index (χ0) is 20.4.